The van der Waals surface area contributed by atoms with Crippen LogP contribution in [0.25, 0.3) is 10.8 Å². The lowest BCUT2D eigenvalue weighted by molar-refractivity contribution is -0.197. The van der Waals surface area contributed by atoms with Crippen LogP contribution in [0.3, 0.4) is 0 Å². The molecular weight excluding hydrogens is 467 g/mol. The number of benzene rings is 2. The fourth-order valence-corrected chi connectivity index (χ4v) is 3.21. The standard InChI is InChI=1S/C19H17F5O7S/c1-10(18(2,20)21)30-16(25)13-7-3-6-12-11(13)5-4-8-14(12)17(26)31-15(19(22,23)24)9-32(27,28)29/h3-8,10,15H,9H2,1-2H3,(H,27,28,29). The molecule has 0 heterocycles. The quantitative estimate of drug-likeness (QED) is 0.359. The molecule has 0 spiro atoms. The zero-order valence-electron chi connectivity index (χ0n) is 16.5. The Labute approximate surface area is 178 Å². The van der Waals surface area contributed by atoms with Gasteiger partial charge in [0.1, 0.15) is 5.75 Å². The second-order valence-electron chi connectivity index (χ2n) is 6.89. The van der Waals surface area contributed by atoms with Crippen LogP contribution in [0.2, 0.25) is 0 Å². The Morgan fingerprint density at radius 2 is 1.38 bits per heavy atom. The Morgan fingerprint density at radius 3 is 1.75 bits per heavy atom. The van der Waals surface area contributed by atoms with Crippen molar-refractivity contribution < 1.29 is 54.0 Å². The lowest BCUT2D eigenvalue weighted by atomic mass is 10.00. The Morgan fingerprint density at radius 1 is 0.938 bits per heavy atom. The summed E-state index contributed by atoms with van der Waals surface area (Å²) in [5.41, 5.74) is -0.700. The molecule has 0 saturated carbocycles. The molecule has 7 nitrogen and oxygen atoms in total. The maximum Gasteiger partial charge on any atom is 0.426 e. The van der Waals surface area contributed by atoms with Gasteiger partial charge in [-0.15, -0.1) is 0 Å². The van der Waals surface area contributed by atoms with Crippen molar-refractivity contribution in [2.75, 3.05) is 5.75 Å². The van der Waals surface area contributed by atoms with Crippen LogP contribution in [0.1, 0.15) is 34.6 Å². The van der Waals surface area contributed by atoms with E-state index in [2.05, 4.69) is 4.74 Å². The van der Waals surface area contributed by atoms with Crippen LogP contribution in [-0.4, -0.2) is 55.0 Å². The van der Waals surface area contributed by atoms with Crippen LogP contribution in [0.15, 0.2) is 36.4 Å². The van der Waals surface area contributed by atoms with Gasteiger partial charge in [-0.1, -0.05) is 24.3 Å². The molecule has 0 aromatic heterocycles. The van der Waals surface area contributed by atoms with E-state index in [9.17, 15) is 40.0 Å². The molecule has 0 bridgehead atoms. The van der Waals surface area contributed by atoms with Gasteiger partial charge in [0, 0.05) is 6.92 Å². The third kappa shape index (κ3) is 6.36. The number of fused-ring (bicyclic) bond motifs is 1. The van der Waals surface area contributed by atoms with Gasteiger partial charge in [-0.25, -0.2) is 18.4 Å². The average molecular weight is 484 g/mol. The molecule has 2 aromatic rings. The molecule has 0 fully saturated rings. The summed E-state index contributed by atoms with van der Waals surface area (Å²) in [5, 5.41) is -0.0763. The summed E-state index contributed by atoms with van der Waals surface area (Å²) in [6.45, 7) is 1.52. The van der Waals surface area contributed by atoms with Gasteiger partial charge < -0.3 is 9.47 Å². The van der Waals surface area contributed by atoms with Crippen molar-refractivity contribution >= 4 is 32.8 Å². The van der Waals surface area contributed by atoms with Gasteiger partial charge in [0.05, 0.1) is 11.1 Å². The molecule has 0 amide bonds. The molecule has 2 rings (SSSR count). The first-order valence-electron chi connectivity index (χ1n) is 8.84. The molecule has 1 N–H and O–H groups in total. The van der Waals surface area contributed by atoms with Gasteiger partial charge in [0.15, 0.2) is 6.10 Å². The molecule has 0 radical (unpaired) electrons. The normalized spacial score (nSPS) is 14.6. The second-order valence-corrected chi connectivity index (χ2v) is 8.39. The first-order chi connectivity index (χ1) is 14.5. The summed E-state index contributed by atoms with van der Waals surface area (Å²) in [6.07, 6.45) is -10.2. The van der Waals surface area contributed by atoms with Crippen LogP contribution in [0.4, 0.5) is 22.0 Å². The fourth-order valence-electron chi connectivity index (χ4n) is 2.57. The van der Waals surface area contributed by atoms with Crippen LogP contribution >= 0.6 is 0 Å². The molecule has 176 valence electrons. The Balaban J connectivity index is 2.43. The number of hydrogen-bond acceptors (Lipinski definition) is 6. The minimum absolute atomic E-state index is 0.00286. The monoisotopic (exact) mass is 484 g/mol. The fraction of sp³-hybridized carbons (Fsp3) is 0.368. The van der Waals surface area contributed by atoms with E-state index in [1.807, 2.05) is 0 Å². The smallest absolute Gasteiger partial charge is 0.426 e. The topological polar surface area (TPSA) is 107 Å². The van der Waals surface area contributed by atoms with E-state index in [0.29, 0.717) is 6.92 Å². The molecule has 0 aliphatic carbocycles. The largest absolute Gasteiger partial charge is 0.453 e. The van der Waals surface area contributed by atoms with Crippen LogP contribution in [-0.2, 0) is 19.6 Å². The van der Waals surface area contributed by atoms with E-state index < -0.39 is 57.7 Å². The first-order valence-corrected chi connectivity index (χ1v) is 10.4. The molecule has 2 atom stereocenters. The number of carbonyl (C=O) groups excluding carboxylic acids is 2. The summed E-state index contributed by atoms with van der Waals surface area (Å²) < 4.78 is 105. The second kappa shape index (κ2) is 8.98. The van der Waals surface area contributed by atoms with Gasteiger partial charge in [-0.3, -0.25) is 4.55 Å². The predicted octanol–water partition coefficient (Wildman–Crippen LogP) is 4.02. The van der Waals surface area contributed by atoms with E-state index in [-0.39, 0.29) is 16.3 Å². The molecule has 13 heteroatoms. The van der Waals surface area contributed by atoms with Gasteiger partial charge in [-0.05, 0) is 29.8 Å². The van der Waals surface area contributed by atoms with Crippen molar-refractivity contribution in [1.82, 2.24) is 0 Å². The third-order valence-electron chi connectivity index (χ3n) is 4.34. The minimum atomic E-state index is -5.30. The maximum atomic E-state index is 13.3. The highest BCUT2D eigenvalue weighted by Crippen LogP contribution is 2.29. The molecule has 0 saturated heterocycles. The highest BCUT2D eigenvalue weighted by Gasteiger charge is 2.45. The summed E-state index contributed by atoms with van der Waals surface area (Å²) in [5.74, 6) is -7.99. The number of hydrogen-bond donors (Lipinski definition) is 1. The zero-order valence-corrected chi connectivity index (χ0v) is 17.3. The third-order valence-corrected chi connectivity index (χ3v) is 5.06. The van der Waals surface area contributed by atoms with Crippen molar-refractivity contribution in [1.29, 1.82) is 0 Å². The molecular formula is C19H17F5O7S. The summed E-state index contributed by atoms with van der Waals surface area (Å²) in [7, 11) is -5.14. The average Bonchev–Trinajstić information content (AvgIpc) is 2.63. The number of alkyl halides is 5. The van der Waals surface area contributed by atoms with Gasteiger partial charge >= 0.3 is 18.1 Å². The Hall–Kier alpha value is -2.80. The van der Waals surface area contributed by atoms with Crippen molar-refractivity contribution in [2.45, 2.75) is 38.2 Å². The molecule has 0 aliphatic heterocycles. The number of esters is 2. The summed E-state index contributed by atoms with van der Waals surface area (Å²) in [4.78, 5) is 24.7. The van der Waals surface area contributed by atoms with E-state index in [1.54, 1.807) is 0 Å². The first kappa shape index (κ1) is 25.5. The van der Waals surface area contributed by atoms with Crippen molar-refractivity contribution in [3.8, 4) is 0 Å². The lowest BCUT2D eigenvalue weighted by Gasteiger charge is -2.21. The lowest BCUT2D eigenvalue weighted by Crippen LogP contribution is -2.39. The van der Waals surface area contributed by atoms with E-state index in [4.69, 9.17) is 9.29 Å². The van der Waals surface area contributed by atoms with Gasteiger partial charge in [0.25, 0.3) is 16.0 Å². The zero-order chi connectivity index (χ0) is 24.5. The number of rotatable bonds is 7. The van der Waals surface area contributed by atoms with E-state index in [0.717, 1.165) is 13.0 Å². The van der Waals surface area contributed by atoms with Crippen LogP contribution in [0.5, 0.6) is 0 Å². The molecule has 2 aromatic carbocycles. The highest BCUT2D eigenvalue weighted by molar-refractivity contribution is 7.85. The van der Waals surface area contributed by atoms with Crippen molar-refractivity contribution in [2.24, 2.45) is 0 Å². The molecule has 32 heavy (non-hydrogen) atoms. The Bertz CT molecular complexity index is 1120. The van der Waals surface area contributed by atoms with Crippen LogP contribution < -0.4 is 0 Å². The van der Waals surface area contributed by atoms with Gasteiger partial charge in [0.2, 0.25) is 6.10 Å². The van der Waals surface area contributed by atoms with Gasteiger partial charge in [-0.2, -0.15) is 21.6 Å². The van der Waals surface area contributed by atoms with Crippen molar-refractivity contribution in [3.05, 3.63) is 47.5 Å². The highest BCUT2D eigenvalue weighted by atomic mass is 32.2. The maximum absolute atomic E-state index is 13.3. The predicted molar refractivity (Wildman–Crippen MR) is 101 cm³/mol. The number of carbonyl (C=O) groups is 2. The Kier molecular flexibility index (Phi) is 7.15. The molecule has 2 unspecified atom stereocenters. The number of ether oxygens (including phenoxy) is 2. The minimum Gasteiger partial charge on any atom is -0.453 e. The summed E-state index contributed by atoms with van der Waals surface area (Å²) >= 11 is 0. The molecule has 0 aliphatic rings. The van der Waals surface area contributed by atoms with E-state index in [1.165, 1.54) is 30.3 Å². The van der Waals surface area contributed by atoms with Crippen molar-refractivity contribution in [3.63, 3.8) is 0 Å². The van der Waals surface area contributed by atoms with Crippen LogP contribution in [0, 0.1) is 0 Å². The number of halogens is 5. The summed E-state index contributed by atoms with van der Waals surface area (Å²) in [6, 6.07) is 7.26. The van der Waals surface area contributed by atoms with E-state index >= 15 is 0 Å². The SMILES string of the molecule is CC(OC(=O)c1cccc2c(C(=O)OC(CS(=O)(=O)O)C(F)(F)F)cccc12)C(C)(F)F.